The summed E-state index contributed by atoms with van der Waals surface area (Å²) in [5, 5.41) is 7.11. The molecule has 1 aromatic heterocycles. The Morgan fingerprint density at radius 1 is 1.27 bits per heavy atom. The van der Waals surface area contributed by atoms with Gasteiger partial charge in [-0.15, -0.1) is 0 Å². The third-order valence-electron chi connectivity index (χ3n) is 4.03. The highest BCUT2D eigenvalue weighted by atomic mass is 16.2. The van der Waals surface area contributed by atoms with Gasteiger partial charge in [-0.1, -0.05) is 6.92 Å². The van der Waals surface area contributed by atoms with Gasteiger partial charge in [0.25, 0.3) is 5.91 Å². The number of nitrogens with zero attached hydrogens (tertiary/aromatic N) is 4. The zero-order valence-electron chi connectivity index (χ0n) is 13.5. The largest absolute Gasteiger partial charge is 0.326 e. The number of anilines is 1. The van der Waals surface area contributed by atoms with E-state index in [1.165, 1.54) is 19.0 Å². The van der Waals surface area contributed by atoms with Crippen LogP contribution in [-0.4, -0.2) is 57.6 Å². The van der Waals surface area contributed by atoms with Crippen LogP contribution in [0.5, 0.6) is 0 Å². The number of nitrogens with one attached hydrogen (secondary N) is 1. The van der Waals surface area contributed by atoms with Crippen LogP contribution in [0.15, 0.2) is 0 Å². The fourth-order valence-corrected chi connectivity index (χ4v) is 2.63. The van der Waals surface area contributed by atoms with E-state index in [0.717, 1.165) is 22.6 Å². The Morgan fingerprint density at radius 3 is 2.36 bits per heavy atom. The topological polar surface area (TPSA) is 87.5 Å². The monoisotopic (exact) mass is 307 g/mol. The molecule has 1 N–H and O–H groups in total. The Bertz CT molecular complexity index is 637. The van der Waals surface area contributed by atoms with E-state index in [9.17, 15) is 14.4 Å². The molecular weight excluding hydrogens is 286 g/mol. The molecule has 1 aromatic rings. The smallest absolute Gasteiger partial charge is 0.315 e. The predicted octanol–water partition coefficient (Wildman–Crippen LogP) is 0.512. The molecule has 0 bridgehead atoms. The molecule has 1 aliphatic heterocycles. The number of urea groups is 1. The lowest BCUT2D eigenvalue weighted by atomic mass is 10.1. The van der Waals surface area contributed by atoms with E-state index >= 15 is 0 Å². The van der Waals surface area contributed by atoms with Gasteiger partial charge in [0.15, 0.2) is 0 Å². The van der Waals surface area contributed by atoms with E-state index in [2.05, 4.69) is 10.4 Å². The highest BCUT2D eigenvalue weighted by molar-refractivity contribution is 6.06. The fraction of sp³-hybridized carbons (Fsp3) is 0.571. The van der Waals surface area contributed by atoms with Crippen LogP contribution < -0.4 is 5.32 Å². The van der Waals surface area contributed by atoms with Gasteiger partial charge in [0.1, 0.15) is 11.9 Å². The fourth-order valence-electron chi connectivity index (χ4n) is 2.63. The van der Waals surface area contributed by atoms with Crippen LogP contribution in [-0.2, 0) is 23.1 Å². The van der Waals surface area contributed by atoms with Gasteiger partial charge in [0.2, 0.25) is 5.91 Å². The zero-order chi connectivity index (χ0) is 16.6. The van der Waals surface area contributed by atoms with E-state index < -0.39 is 12.1 Å². The van der Waals surface area contributed by atoms with E-state index in [0.29, 0.717) is 5.82 Å². The third kappa shape index (κ3) is 2.56. The first-order chi connectivity index (χ1) is 10.3. The molecule has 0 saturated carbocycles. The second-order valence-electron chi connectivity index (χ2n) is 5.46. The molecule has 4 amide bonds. The summed E-state index contributed by atoms with van der Waals surface area (Å²) in [5.74, 6) is -0.0599. The molecule has 0 aromatic carbocycles. The molecule has 8 heteroatoms. The molecule has 0 radical (unpaired) electrons. The van der Waals surface area contributed by atoms with Crippen molar-refractivity contribution >= 4 is 23.7 Å². The number of aryl methyl sites for hydroxylation is 2. The van der Waals surface area contributed by atoms with Gasteiger partial charge >= 0.3 is 6.03 Å². The first-order valence-electron chi connectivity index (χ1n) is 7.14. The number of likely N-dealkylation sites (N-methyl/N-ethyl adjacent to an activating group) is 2. The van der Waals surface area contributed by atoms with Gasteiger partial charge in [0.05, 0.1) is 12.1 Å². The maximum absolute atomic E-state index is 12.2. The summed E-state index contributed by atoms with van der Waals surface area (Å²) in [6.07, 6.45) is 0.705. The molecule has 1 saturated heterocycles. The molecular formula is C14H21N5O3. The number of hydrogen-bond donors (Lipinski definition) is 1. The first kappa shape index (κ1) is 16.0. The summed E-state index contributed by atoms with van der Waals surface area (Å²) < 4.78 is 1.61. The molecule has 120 valence electrons. The highest BCUT2D eigenvalue weighted by Gasteiger charge is 2.41. The minimum atomic E-state index is -0.753. The van der Waals surface area contributed by atoms with Crippen molar-refractivity contribution in [1.82, 2.24) is 19.6 Å². The summed E-state index contributed by atoms with van der Waals surface area (Å²) in [7, 11) is 4.69. The second-order valence-corrected chi connectivity index (χ2v) is 5.46. The summed E-state index contributed by atoms with van der Waals surface area (Å²) in [4.78, 5) is 38.2. The maximum Gasteiger partial charge on any atom is 0.326 e. The van der Waals surface area contributed by atoms with Crippen molar-refractivity contribution in [1.29, 1.82) is 0 Å². The zero-order valence-corrected chi connectivity index (χ0v) is 13.5. The molecule has 22 heavy (non-hydrogen) atoms. The lowest BCUT2D eigenvalue weighted by Gasteiger charge is -2.16. The Hall–Kier alpha value is -2.38. The molecule has 0 aliphatic carbocycles. The van der Waals surface area contributed by atoms with E-state index in [1.807, 2.05) is 13.8 Å². The average Bonchev–Trinajstić information content (AvgIpc) is 2.85. The van der Waals surface area contributed by atoms with Gasteiger partial charge in [-0.25, -0.2) is 4.79 Å². The minimum Gasteiger partial charge on any atom is -0.315 e. The van der Waals surface area contributed by atoms with Crippen molar-refractivity contribution < 1.29 is 14.4 Å². The Morgan fingerprint density at radius 2 is 1.91 bits per heavy atom. The molecule has 1 atom stereocenters. The molecule has 2 heterocycles. The van der Waals surface area contributed by atoms with E-state index in [1.54, 1.807) is 11.7 Å². The standard InChI is InChI=1S/C14H21N5O3/c1-6-9-8(2)12(19(5)16-9)15-11(20)7-10-13(21)18(4)14(22)17(10)3/h10H,6-7H2,1-5H3,(H,15,20). The van der Waals surface area contributed by atoms with Gasteiger partial charge in [-0.3, -0.25) is 19.2 Å². The van der Waals surface area contributed by atoms with E-state index in [-0.39, 0.29) is 18.2 Å². The van der Waals surface area contributed by atoms with Gasteiger partial charge in [-0.2, -0.15) is 5.10 Å². The van der Waals surface area contributed by atoms with Crippen molar-refractivity contribution in [2.75, 3.05) is 19.4 Å². The third-order valence-corrected chi connectivity index (χ3v) is 4.03. The number of hydrogen-bond acceptors (Lipinski definition) is 4. The Kier molecular flexibility index (Phi) is 4.20. The van der Waals surface area contributed by atoms with Gasteiger partial charge in [0, 0.05) is 26.7 Å². The van der Waals surface area contributed by atoms with Crippen LogP contribution in [0.1, 0.15) is 24.6 Å². The predicted molar refractivity (Wildman–Crippen MR) is 80.3 cm³/mol. The summed E-state index contributed by atoms with van der Waals surface area (Å²) in [6.45, 7) is 3.89. The van der Waals surface area contributed by atoms with Crippen LogP contribution in [0.4, 0.5) is 10.6 Å². The number of rotatable bonds is 4. The first-order valence-corrected chi connectivity index (χ1v) is 7.14. The van der Waals surface area contributed by atoms with Gasteiger partial charge < -0.3 is 10.2 Å². The number of aromatic nitrogens is 2. The molecule has 8 nitrogen and oxygen atoms in total. The minimum absolute atomic E-state index is 0.0719. The van der Waals surface area contributed by atoms with Crippen molar-refractivity contribution in [3.05, 3.63) is 11.3 Å². The lowest BCUT2D eigenvalue weighted by molar-refractivity contribution is -0.129. The lowest BCUT2D eigenvalue weighted by Crippen LogP contribution is -2.35. The quantitative estimate of drug-likeness (QED) is 0.821. The maximum atomic E-state index is 12.2. The van der Waals surface area contributed by atoms with Crippen LogP contribution >= 0.6 is 0 Å². The van der Waals surface area contributed by atoms with Crippen molar-refractivity contribution in [2.24, 2.45) is 7.05 Å². The summed E-state index contributed by atoms with van der Waals surface area (Å²) in [6, 6.07) is -1.15. The van der Waals surface area contributed by atoms with Crippen molar-refractivity contribution in [3.63, 3.8) is 0 Å². The Balaban J connectivity index is 2.10. The number of carbonyl (C=O) groups is 3. The number of amides is 4. The van der Waals surface area contributed by atoms with Crippen molar-refractivity contribution in [3.8, 4) is 0 Å². The molecule has 1 unspecified atom stereocenters. The van der Waals surface area contributed by atoms with Crippen LogP contribution in [0.2, 0.25) is 0 Å². The van der Waals surface area contributed by atoms with Crippen LogP contribution in [0.3, 0.4) is 0 Å². The summed E-state index contributed by atoms with van der Waals surface area (Å²) >= 11 is 0. The second kappa shape index (κ2) is 5.78. The SMILES string of the molecule is CCc1nn(C)c(NC(=O)CC2C(=O)N(C)C(=O)N2C)c1C. The molecule has 1 fully saturated rings. The van der Waals surface area contributed by atoms with Gasteiger partial charge in [-0.05, 0) is 13.3 Å². The number of imide groups is 1. The van der Waals surface area contributed by atoms with Crippen molar-refractivity contribution in [2.45, 2.75) is 32.7 Å². The Labute approximate surface area is 129 Å². The molecule has 2 rings (SSSR count). The highest BCUT2D eigenvalue weighted by Crippen LogP contribution is 2.21. The number of carbonyl (C=O) groups excluding carboxylic acids is 3. The van der Waals surface area contributed by atoms with E-state index in [4.69, 9.17) is 0 Å². The summed E-state index contributed by atoms with van der Waals surface area (Å²) in [5.41, 5.74) is 1.83. The average molecular weight is 307 g/mol. The molecule has 1 aliphatic rings. The van der Waals surface area contributed by atoms with Crippen LogP contribution in [0, 0.1) is 6.92 Å². The normalized spacial score (nSPS) is 18.3. The van der Waals surface area contributed by atoms with Crippen LogP contribution in [0.25, 0.3) is 0 Å². The molecule has 0 spiro atoms.